The first-order valence-corrected chi connectivity index (χ1v) is 1.68. The number of amides is 1. The Balaban J connectivity index is 2.00. The summed E-state index contributed by atoms with van der Waals surface area (Å²) in [6.07, 6.45) is 1.48. The summed E-state index contributed by atoms with van der Waals surface area (Å²) >= 11 is 0. The predicted octanol–water partition coefficient (Wildman–Crippen LogP) is -1.00. The van der Waals surface area contributed by atoms with E-state index in [0.717, 1.165) is 0 Å². The average molecular weight is 86.1 g/mol. The molecule has 3 nitrogen and oxygen atoms in total. The topological polar surface area (TPSA) is 41.6 Å². The highest BCUT2D eigenvalue weighted by Crippen LogP contribution is 2.00. The standard InChI is InChI=1S/C3H4NO2/c5-2-4-3-1-6-3/h3H,1H2,(H,4,5). The molecule has 0 aliphatic carbocycles. The van der Waals surface area contributed by atoms with Crippen molar-refractivity contribution in [2.75, 3.05) is 6.61 Å². The van der Waals surface area contributed by atoms with Crippen LogP contribution in [0.2, 0.25) is 0 Å². The van der Waals surface area contributed by atoms with Crippen LogP contribution < -0.4 is 5.32 Å². The Hall–Kier alpha value is -0.570. The Morgan fingerprint density at radius 1 is 2.00 bits per heavy atom. The van der Waals surface area contributed by atoms with E-state index in [2.05, 4.69) is 10.1 Å². The van der Waals surface area contributed by atoms with Crippen molar-refractivity contribution in [3.63, 3.8) is 0 Å². The molecule has 0 aromatic rings. The summed E-state index contributed by atoms with van der Waals surface area (Å²) in [6.45, 7) is 0.648. The summed E-state index contributed by atoms with van der Waals surface area (Å²) in [5, 5.41) is 2.29. The van der Waals surface area contributed by atoms with Gasteiger partial charge in [-0.2, -0.15) is 0 Å². The first-order chi connectivity index (χ1) is 2.93. The smallest absolute Gasteiger partial charge is 0.311 e. The van der Waals surface area contributed by atoms with Crippen LogP contribution in [0.1, 0.15) is 0 Å². The van der Waals surface area contributed by atoms with E-state index in [1.165, 1.54) is 6.41 Å². The van der Waals surface area contributed by atoms with Crippen LogP contribution >= 0.6 is 0 Å². The van der Waals surface area contributed by atoms with Crippen molar-refractivity contribution in [2.24, 2.45) is 0 Å². The first-order valence-electron chi connectivity index (χ1n) is 1.68. The van der Waals surface area contributed by atoms with Crippen molar-refractivity contribution in [2.45, 2.75) is 6.23 Å². The number of rotatable bonds is 2. The van der Waals surface area contributed by atoms with E-state index in [4.69, 9.17) is 0 Å². The summed E-state index contributed by atoms with van der Waals surface area (Å²) in [5.74, 6) is 0. The minimum Gasteiger partial charge on any atom is -0.351 e. The minimum atomic E-state index is -0.0255. The molecule has 1 heterocycles. The van der Waals surface area contributed by atoms with Crippen molar-refractivity contribution in [1.82, 2.24) is 5.32 Å². The maximum absolute atomic E-state index is 9.34. The van der Waals surface area contributed by atoms with Crippen molar-refractivity contribution in [1.29, 1.82) is 0 Å². The molecule has 1 unspecified atom stereocenters. The van der Waals surface area contributed by atoms with Crippen LogP contribution in [-0.2, 0) is 9.53 Å². The lowest BCUT2D eigenvalue weighted by Gasteiger charge is -1.77. The number of hydrogen-bond donors (Lipinski definition) is 1. The number of carbonyl (C=O) groups excluding carboxylic acids is 1. The molecule has 1 N–H and O–H groups in total. The molecule has 1 saturated heterocycles. The maximum Gasteiger partial charge on any atom is 0.311 e. The van der Waals surface area contributed by atoms with Gasteiger partial charge in [-0.25, -0.2) is 0 Å². The van der Waals surface area contributed by atoms with Crippen LogP contribution in [0.15, 0.2) is 0 Å². The van der Waals surface area contributed by atoms with Crippen LogP contribution in [0.25, 0.3) is 0 Å². The second kappa shape index (κ2) is 1.26. The molecule has 0 bridgehead atoms. The molecule has 1 aliphatic rings. The molecule has 33 valence electrons. The van der Waals surface area contributed by atoms with Gasteiger partial charge in [-0.1, -0.05) is 0 Å². The van der Waals surface area contributed by atoms with E-state index in [9.17, 15) is 4.79 Å². The van der Waals surface area contributed by atoms with Gasteiger partial charge in [0.15, 0.2) is 6.23 Å². The molecule has 0 spiro atoms. The molecule has 1 fully saturated rings. The summed E-state index contributed by atoms with van der Waals surface area (Å²) in [7, 11) is 0. The zero-order chi connectivity index (χ0) is 4.41. The van der Waals surface area contributed by atoms with Crippen molar-refractivity contribution in [3.05, 3.63) is 0 Å². The second-order valence-electron chi connectivity index (χ2n) is 1.07. The van der Waals surface area contributed by atoms with Gasteiger partial charge >= 0.3 is 6.41 Å². The highest BCUT2D eigenvalue weighted by atomic mass is 16.6. The summed E-state index contributed by atoms with van der Waals surface area (Å²) < 4.78 is 4.58. The molecule has 1 aliphatic heterocycles. The van der Waals surface area contributed by atoms with Gasteiger partial charge in [0.25, 0.3) is 0 Å². The van der Waals surface area contributed by atoms with E-state index in [-0.39, 0.29) is 6.23 Å². The number of hydrogen-bond acceptors (Lipinski definition) is 2. The zero-order valence-electron chi connectivity index (χ0n) is 3.10. The van der Waals surface area contributed by atoms with E-state index >= 15 is 0 Å². The Morgan fingerprint density at radius 3 is 2.83 bits per heavy atom. The molecular weight excluding hydrogens is 82.0 g/mol. The Labute approximate surface area is 35.3 Å². The summed E-state index contributed by atoms with van der Waals surface area (Å²) in [5.41, 5.74) is 0. The third-order valence-electron chi connectivity index (χ3n) is 0.553. The molecule has 1 radical (unpaired) electrons. The third kappa shape index (κ3) is 0.687. The Morgan fingerprint density at radius 2 is 2.67 bits per heavy atom. The van der Waals surface area contributed by atoms with Crippen molar-refractivity contribution < 1.29 is 9.53 Å². The monoisotopic (exact) mass is 86.0 g/mol. The molecular formula is C3H4NO2. The van der Waals surface area contributed by atoms with Crippen LogP contribution in [0.4, 0.5) is 0 Å². The molecule has 0 saturated carbocycles. The van der Waals surface area contributed by atoms with E-state index in [1.54, 1.807) is 0 Å². The van der Waals surface area contributed by atoms with E-state index in [1.807, 2.05) is 0 Å². The Bertz CT molecular complexity index is 59.8. The van der Waals surface area contributed by atoms with Crippen LogP contribution in [0.3, 0.4) is 0 Å². The van der Waals surface area contributed by atoms with Gasteiger partial charge in [-0.15, -0.1) is 0 Å². The van der Waals surface area contributed by atoms with E-state index in [0.29, 0.717) is 6.61 Å². The zero-order valence-corrected chi connectivity index (χ0v) is 3.10. The predicted molar refractivity (Wildman–Crippen MR) is 18.6 cm³/mol. The number of nitrogens with one attached hydrogen (secondary N) is 1. The van der Waals surface area contributed by atoms with Crippen LogP contribution in [-0.4, -0.2) is 19.2 Å². The number of epoxide rings is 1. The van der Waals surface area contributed by atoms with E-state index < -0.39 is 0 Å². The highest BCUT2D eigenvalue weighted by Gasteiger charge is 2.20. The normalized spacial score (nSPS) is 29.0. The average Bonchev–Trinajstić information content (AvgIpc) is 2.21. The van der Waals surface area contributed by atoms with Crippen LogP contribution in [0.5, 0.6) is 0 Å². The fourth-order valence-electron chi connectivity index (χ4n) is 0.197. The molecule has 6 heavy (non-hydrogen) atoms. The third-order valence-corrected chi connectivity index (χ3v) is 0.553. The molecule has 1 atom stereocenters. The van der Waals surface area contributed by atoms with Gasteiger partial charge in [0.1, 0.15) is 0 Å². The van der Waals surface area contributed by atoms with Gasteiger partial charge in [0, 0.05) is 0 Å². The largest absolute Gasteiger partial charge is 0.351 e. The molecule has 1 amide bonds. The first kappa shape index (κ1) is 3.61. The van der Waals surface area contributed by atoms with Crippen LogP contribution in [0, 0.1) is 0 Å². The lowest BCUT2D eigenvalue weighted by Crippen LogP contribution is -2.13. The maximum atomic E-state index is 9.34. The fraction of sp³-hybridized carbons (Fsp3) is 0.667. The SMILES string of the molecule is O=[C]NC1CO1. The van der Waals surface area contributed by atoms with Gasteiger partial charge in [0.2, 0.25) is 0 Å². The molecule has 0 aromatic heterocycles. The molecule has 1 rings (SSSR count). The quantitative estimate of drug-likeness (QED) is 0.346. The lowest BCUT2D eigenvalue weighted by molar-refractivity contribution is 0.391. The van der Waals surface area contributed by atoms with Gasteiger partial charge in [0.05, 0.1) is 6.61 Å². The highest BCUT2D eigenvalue weighted by molar-refractivity contribution is 5.47. The van der Waals surface area contributed by atoms with Crippen molar-refractivity contribution in [3.8, 4) is 0 Å². The molecule has 0 aromatic carbocycles. The van der Waals surface area contributed by atoms with Crippen molar-refractivity contribution >= 4 is 6.41 Å². The number of ether oxygens (including phenoxy) is 1. The lowest BCUT2D eigenvalue weighted by atomic mass is 10.8. The molecule has 3 heteroatoms. The van der Waals surface area contributed by atoms with Gasteiger partial charge in [-0.05, 0) is 0 Å². The van der Waals surface area contributed by atoms with Gasteiger partial charge < -0.3 is 10.1 Å². The minimum absolute atomic E-state index is 0.0255. The summed E-state index contributed by atoms with van der Waals surface area (Å²) in [4.78, 5) is 9.34. The fourth-order valence-corrected chi connectivity index (χ4v) is 0.197. The second-order valence-corrected chi connectivity index (χ2v) is 1.07. The Kier molecular flexibility index (Phi) is 0.759. The summed E-state index contributed by atoms with van der Waals surface area (Å²) in [6, 6.07) is 0. The van der Waals surface area contributed by atoms with Gasteiger partial charge in [-0.3, -0.25) is 4.79 Å².